The van der Waals surface area contributed by atoms with Crippen LogP contribution in [0.3, 0.4) is 0 Å². The lowest BCUT2D eigenvalue weighted by molar-refractivity contribution is -0.144. The Morgan fingerprint density at radius 2 is 2.00 bits per heavy atom. The van der Waals surface area contributed by atoms with Gasteiger partial charge in [0, 0.05) is 11.6 Å². The topological polar surface area (TPSA) is 83.6 Å². The van der Waals surface area contributed by atoms with Crippen molar-refractivity contribution in [1.29, 1.82) is 0 Å². The minimum Gasteiger partial charge on any atom is -0.295 e. The highest BCUT2D eigenvalue weighted by Crippen LogP contribution is 2.19. The molecule has 6 heteroatoms. The van der Waals surface area contributed by atoms with Crippen LogP contribution in [0.15, 0.2) is 11.6 Å². The summed E-state index contributed by atoms with van der Waals surface area (Å²) in [5, 5.41) is 2.05. The van der Waals surface area contributed by atoms with Crippen molar-refractivity contribution in [3.8, 4) is 0 Å². The summed E-state index contributed by atoms with van der Waals surface area (Å²) in [5.41, 5.74) is 0.284. The number of rotatable bonds is 1. The van der Waals surface area contributed by atoms with Gasteiger partial charge in [-0.2, -0.15) is 0 Å². The Balaban J connectivity index is 2.27. The molecule has 2 aliphatic rings. The second kappa shape index (κ2) is 3.01. The molecule has 15 heavy (non-hydrogen) atoms. The lowest BCUT2D eigenvalue weighted by Gasteiger charge is -2.18. The Hall–Kier alpha value is -1.98. The highest BCUT2D eigenvalue weighted by molar-refractivity contribution is 6.19. The van der Waals surface area contributed by atoms with Crippen LogP contribution in [0.5, 0.6) is 0 Å². The van der Waals surface area contributed by atoms with Crippen LogP contribution in [-0.2, 0) is 19.2 Å². The van der Waals surface area contributed by atoms with Crippen molar-refractivity contribution in [2.75, 3.05) is 0 Å². The van der Waals surface area contributed by atoms with Gasteiger partial charge in [0.2, 0.25) is 11.8 Å². The third kappa shape index (κ3) is 1.34. The summed E-state index contributed by atoms with van der Waals surface area (Å²) >= 11 is 0. The molecule has 0 saturated carbocycles. The number of hydrogen-bond donors (Lipinski definition) is 1. The van der Waals surface area contributed by atoms with Crippen LogP contribution >= 0.6 is 0 Å². The summed E-state index contributed by atoms with van der Waals surface area (Å²) < 4.78 is 0. The van der Waals surface area contributed by atoms with Gasteiger partial charge in [-0.3, -0.25) is 29.4 Å². The van der Waals surface area contributed by atoms with Gasteiger partial charge in [-0.25, -0.2) is 0 Å². The van der Waals surface area contributed by atoms with Crippen LogP contribution in [0.4, 0.5) is 0 Å². The van der Waals surface area contributed by atoms with E-state index in [1.54, 1.807) is 0 Å². The summed E-state index contributed by atoms with van der Waals surface area (Å²) in [6, 6.07) is -0.980. The van der Waals surface area contributed by atoms with E-state index in [0.717, 1.165) is 4.90 Å². The fourth-order valence-corrected chi connectivity index (χ4v) is 1.65. The molecular weight excluding hydrogens is 200 g/mol. The Kier molecular flexibility index (Phi) is 1.92. The molecule has 2 heterocycles. The van der Waals surface area contributed by atoms with Gasteiger partial charge in [0.25, 0.3) is 11.8 Å². The van der Waals surface area contributed by atoms with Crippen molar-refractivity contribution in [3.05, 3.63) is 11.6 Å². The zero-order chi connectivity index (χ0) is 11.2. The summed E-state index contributed by atoms with van der Waals surface area (Å²) in [6.45, 7) is 1.49. The standard InChI is InChI=1S/C9H8N2O4/c1-4-2-7(13)11(9(4)15)5-3-6(12)10-8(5)14/h2,5H,3H2,1H3,(H,10,12,14). The van der Waals surface area contributed by atoms with Crippen LogP contribution in [0, 0.1) is 0 Å². The van der Waals surface area contributed by atoms with E-state index in [-0.39, 0.29) is 12.0 Å². The average molecular weight is 208 g/mol. The molecule has 1 unspecified atom stereocenters. The maximum absolute atomic E-state index is 11.5. The van der Waals surface area contributed by atoms with E-state index in [1.807, 2.05) is 0 Å². The molecule has 2 aliphatic heterocycles. The molecule has 1 fully saturated rings. The van der Waals surface area contributed by atoms with E-state index >= 15 is 0 Å². The molecule has 0 aromatic carbocycles. The van der Waals surface area contributed by atoms with Gasteiger partial charge in [-0.15, -0.1) is 0 Å². The molecule has 1 atom stereocenters. The number of nitrogens with zero attached hydrogens (tertiary/aromatic N) is 1. The molecule has 0 bridgehead atoms. The first kappa shape index (κ1) is 9.57. The first-order valence-corrected chi connectivity index (χ1v) is 4.40. The lowest BCUT2D eigenvalue weighted by Crippen LogP contribution is -2.44. The monoisotopic (exact) mass is 208 g/mol. The third-order valence-electron chi connectivity index (χ3n) is 2.39. The fourth-order valence-electron chi connectivity index (χ4n) is 1.65. The van der Waals surface area contributed by atoms with E-state index in [9.17, 15) is 19.2 Å². The zero-order valence-electron chi connectivity index (χ0n) is 7.94. The minimum absolute atomic E-state index is 0.141. The van der Waals surface area contributed by atoms with E-state index in [4.69, 9.17) is 0 Å². The quantitative estimate of drug-likeness (QED) is 0.544. The van der Waals surface area contributed by atoms with Crippen molar-refractivity contribution < 1.29 is 19.2 Å². The highest BCUT2D eigenvalue weighted by Gasteiger charge is 2.43. The van der Waals surface area contributed by atoms with Crippen molar-refractivity contribution in [3.63, 3.8) is 0 Å². The van der Waals surface area contributed by atoms with Crippen molar-refractivity contribution in [2.45, 2.75) is 19.4 Å². The van der Waals surface area contributed by atoms with Crippen LogP contribution in [-0.4, -0.2) is 34.6 Å². The van der Waals surface area contributed by atoms with Gasteiger partial charge in [0.15, 0.2) is 0 Å². The number of carbonyl (C=O) groups excluding carboxylic acids is 4. The molecule has 1 N–H and O–H groups in total. The summed E-state index contributed by atoms with van der Waals surface area (Å²) in [5.74, 6) is -2.10. The number of carbonyl (C=O) groups is 4. The van der Waals surface area contributed by atoms with Crippen molar-refractivity contribution in [1.82, 2.24) is 10.2 Å². The van der Waals surface area contributed by atoms with E-state index < -0.39 is 29.7 Å². The van der Waals surface area contributed by atoms with E-state index in [2.05, 4.69) is 5.32 Å². The third-order valence-corrected chi connectivity index (χ3v) is 2.39. The van der Waals surface area contributed by atoms with E-state index in [0.29, 0.717) is 0 Å². The molecule has 4 amide bonds. The average Bonchev–Trinajstić information content (AvgIpc) is 2.56. The molecule has 78 valence electrons. The summed E-state index contributed by atoms with van der Waals surface area (Å²) in [6.07, 6.45) is 1.02. The van der Waals surface area contributed by atoms with Gasteiger partial charge in [-0.1, -0.05) is 0 Å². The van der Waals surface area contributed by atoms with Gasteiger partial charge < -0.3 is 0 Å². The minimum atomic E-state index is -0.980. The molecule has 0 aromatic rings. The molecule has 0 aromatic heterocycles. The van der Waals surface area contributed by atoms with Crippen LogP contribution in [0.1, 0.15) is 13.3 Å². The highest BCUT2D eigenvalue weighted by atomic mass is 16.2. The number of hydrogen-bond acceptors (Lipinski definition) is 4. The number of amides is 4. The SMILES string of the molecule is CC1=CC(=O)N(C2CC(=O)NC2=O)C1=O. The molecule has 6 nitrogen and oxygen atoms in total. The Morgan fingerprint density at radius 1 is 1.33 bits per heavy atom. The molecule has 0 aliphatic carbocycles. The van der Waals surface area contributed by atoms with Gasteiger partial charge in [-0.05, 0) is 6.92 Å². The Morgan fingerprint density at radius 3 is 2.40 bits per heavy atom. The summed E-state index contributed by atoms with van der Waals surface area (Å²) in [4.78, 5) is 45.9. The predicted octanol–water partition coefficient (Wildman–Crippen LogP) is -1.28. The zero-order valence-corrected chi connectivity index (χ0v) is 7.94. The second-order valence-corrected chi connectivity index (χ2v) is 3.47. The maximum atomic E-state index is 11.5. The van der Waals surface area contributed by atoms with Gasteiger partial charge in [0.05, 0.1) is 6.42 Å². The molecule has 0 spiro atoms. The molecule has 0 radical (unpaired) electrons. The Labute approximate surface area is 84.9 Å². The molecule has 2 rings (SSSR count). The molecule has 1 saturated heterocycles. The van der Waals surface area contributed by atoms with E-state index in [1.165, 1.54) is 13.0 Å². The lowest BCUT2D eigenvalue weighted by atomic mass is 10.2. The summed E-state index contributed by atoms with van der Waals surface area (Å²) in [7, 11) is 0. The normalized spacial score (nSPS) is 26.1. The number of imide groups is 2. The van der Waals surface area contributed by atoms with Crippen LogP contribution in [0.25, 0.3) is 0 Å². The van der Waals surface area contributed by atoms with Crippen LogP contribution < -0.4 is 5.32 Å². The molecular formula is C9H8N2O4. The van der Waals surface area contributed by atoms with Crippen LogP contribution in [0.2, 0.25) is 0 Å². The maximum Gasteiger partial charge on any atom is 0.257 e. The van der Waals surface area contributed by atoms with Crippen molar-refractivity contribution in [2.24, 2.45) is 0 Å². The fraction of sp³-hybridized carbons (Fsp3) is 0.333. The smallest absolute Gasteiger partial charge is 0.257 e. The number of nitrogens with one attached hydrogen (secondary N) is 1. The Bertz CT molecular complexity index is 424. The first-order chi connectivity index (χ1) is 7.00. The first-order valence-electron chi connectivity index (χ1n) is 4.40. The van der Waals surface area contributed by atoms with Crippen molar-refractivity contribution >= 4 is 23.6 Å². The van der Waals surface area contributed by atoms with Gasteiger partial charge in [0.1, 0.15) is 6.04 Å². The van der Waals surface area contributed by atoms with Gasteiger partial charge >= 0.3 is 0 Å². The largest absolute Gasteiger partial charge is 0.295 e. The second-order valence-electron chi connectivity index (χ2n) is 3.47. The predicted molar refractivity (Wildman–Crippen MR) is 47.2 cm³/mol.